The molecule has 20 heavy (non-hydrogen) atoms. The van der Waals surface area contributed by atoms with E-state index in [9.17, 15) is 8.42 Å². The molecule has 0 aromatic carbocycles. The third kappa shape index (κ3) is 5.42. The van der Waals surface area contributed by atoms with Crippen molar-refractivity contribution in [2.24, 2.45) is 0 Å². The van der Waals surface area contributed by atoms with Gasteiger partial charge in [0.25, 0.3) is 0 Å². The molecule has 1 aromatic heterocycles. The molecule has 0 saturated carbocycles. The Morgan fingerprint density at radius 3 is 2.75 bits per heavy atom. The van der Waals surface area contributed by atoms with E-state index in [2.05, 4.69) is 12.2 Å². The van der Waals surface area contributed by atoms with Crippen molar-refractivity contribution in [3.8, 4) is 5.75 Å². The molecule has 1 atom stereocenters. The molecular formula is C14H25NO3S2. The minimum atomic E-state index is -2.88. The first-order chi connectivity index (χ1) is 9.54. The van der Waals surface area contributed by atoms with Gasteiger partial charge in [-0.15, -0.1) is 11.3 Å². The van der Waals surface area contributed by atoms with Crippen molar-refractivity contribution in [3.63, 3.8) is 0 Å². The van der Waals surface area contributed by atoms with Crippen LogP contribution in [0.1, 0.15) is 44.0 Å². The van der Waals surface area contributed by atoms with E-state index in [1.165, 1.54) is 0 Å². The Labute approximate surface area is 126 Å². The van der Waals surface area contributed by atoms with Crippen LogP contribution in [-0.2, 0) is 9.84 Å². The summed E-state index contributed by atoms with van der Waals surface area (Å²) in [5.74, 6) is 1.38. The highest BCUT2D eigenvalue weighted by atomic mass is 32.2. The van der Waals surface area contributed by atoms with E-state index in [0.29, 0.717) is 6.42 Å². The number of thiophene rings is 1. The fourth-order valence-electron chi connectivity index (χ4n) is 2.03. The molecule has 0 saturated heterocycles. The van der Waals surface area contributed by atoms with Gasteiger partial charge in [-0.2, -0.15) is 0 Å². The molecule has 0 spiro atoms. The van der Waals surface area contributed by atoms with Crippen LogP contribution in [0.15, 0.2) is 11.4 Å². The number of ether oxygens (including phenoxy) is 1. The van der Waals surface area contributed by atoms with E-state index >= 15 is 0 Å². The Morgan fingerprint density at radius 1 is 1.40 bits per heavy atom. The van der Waals surface area contributed by atoms with E-state index in [0.717, 1.165) is 30.0 Å². The number of rotatable bonds is 10. The molecule has 1 heterocycles. The fourth-order valence-corrected chi connectivity index (χ4v) is 3.89. The highest BCUT2D eigenvalue weighted by Gasteiger charge is 2.18. The first-order valence-electron chi connectivity index (χ1n) is 7.09. The van der Waals surface area contributed by atoms with Gasteiger partial charge in [-0.3, -0.25) is 0 Å². The lowest BCUT2D eigenvalue weighted by molar-refractivity contribution is 0.399. The van der Waals surface area contributed by atoms with Gasteiger partial charge in [0.1, 0.15) is 15.6 Å². The van der Waals surface area contributed by atoms with Crippen LogP contribution in [0.5, 0.6) is 5.75 Å². The topological polar surface area (TPSA) is 55.4 Å². The third-order valence-electron chi connectivity index (χ3n) is 3.22. The van der Waals surface area contributed by atoms with E-state index in [-0.39, 0.29) is 17.5 Å². The second kappa shape index (κ2) is 8.64. The van der Waals surface area contributed by atoms with Gasteiger partial charge in [0.05, 0.1) is 17.7 Å². The maximum Gasteiger partial charge on any atom is 0.150 e. The van der Waals surface area contributed by atoms with Crippen molar-refractivity contribution in [1.82, 2.24) is 5.32 Å². The summed E-state index contributed by atoms with van der Waals surface area (Å²) in [7, 11) is -1.21. The van der Waals surface area contributed by atoms with Crippen LogP contribution in [0.3, 0.4) is 0 Å². The van der Waals surface area contributed by atoms with Gasteiger partial charge in [0.2, 0.25) is 0 Å². The van der Waals surface area contributed by atoms with Gasteiger partial charge < -0.3 is 10.1 Å². The maximum absolute atomic E-state index is 11.6. The van der Waals surface area contributed by atoms with Gasteiger partial charge in [0.15, 0.2) is 0 Å². The number of nitrogens with one attached hydrogen (secondary N) is 1. The van der Waals surface area contributed by atoms with E-state index < -0.39 is 9.84 Å². The van der Waals surface area contributed by atoms with Crippen LogP contribution >= 0.6 is 11.3 Å². The zero-order chi connectivity index (χ0) is 15.0. The standard InChI is InChI=1S/C14H25NO3S2/c1-4-9-15-12(7-6-11-20(16,17)5-2)14-13(18-3)8-10-19-14/h8,10,12,15H,4-7,9,11H2,1-3H3. The highest BCUT2D eigenvalue weighted by Crippen LogP contribution is 2.33. The number of hydrogen-bond acceptors (Lipinski definition) is 5. The average Bonchev–Trinajstić information content (AvgIpc) is 2.90. The first-order valence-corrected chi connectivity index (χ1v) is 9.79. The van der Waals surface area contributed by atoms with Crippen molar-refractivity contribution >= 4 is 21.2 Å². The second-order valence-electron chi connectivity index (χ2n) is 4.74. The molecule has 0 amide bonds. The Bertz CT molecular complexity index is 482. The van der Waals surface area contributed by atoms with Crippen LogP contribution in [0, 0.1) is 0 Å². The van der Waals surface area contributed by atoms with Crippen molar-refractivity contribution in [1.29, 1.82) is 0 Å². The monoisotopic (exact) mass is 319 g/mol. The summed E-state index contributed by atoms with van der Waals surface area (Å²) in [6.07, 6.45) is 2.55. The summed E-state index contributed by atoms with van der Waals surface area (Å²) in [5, 5.41) is 5.50. The molecule has 1 unspecified atom stereocenters. The highest BCUT2D eigenvalue weighted by molar-refractivity contribution is 7.91. The molecule has 0 radical (unpaired) electrons. The molecule has 0 aliphatic heterocycles. The largest absolute Gasteiger partial charge is 0.496 e. The zero-order valence-corrected chi connectivity index (χ0v) is 14.1. The van der Waals surface area contributed by atoms with Gasteiger partial charge in [-0.25, -0.2) is 8.42 Å². The molecule has 0 aliphatic carbocycles. The summed E-state index contributed by atoms with van der Waals surface area (Å²) in [6.45, 7) is 4.74. The molecule has 0 fully saturated rings. The Hall–Kier alpha value is -0.590. The average molecular weight is 319 g/mol. The van der Waals surface area contributed by atoms with Crippen molar-refractivity contribution in [2.75, 3.05) is 25.2 Å². The molecule has 1 N–H and O–H groups in total. The lowest BCUT2D eigenvalue weighted by Crippen LogP contribution is -2.22. The Balaban J connectivity index is 2.65. The summed E-state index contributed by atoms with van der Waals surface area (Å²) in [6, 6.07) is 2.14. The summed E-state index contributed by atoms with van der Waals surface area (Å²) >= 11 is 1.66. The lowest BCUT2D eigenvalue weighted by Gasteiger charge is -2.18. The second-order valence-corrected chi connectivity index (χ2v) is 8.16. The molecule has 1 aromatic rings. The van der Waals surface area contributed by atoms with E-state index in [4.69, 9.17) is 4.74 Å². The van der Waals surface area contributed by atoms with Gasteiger partial charge in [0, 0.05) is 11.8 Å². The fraction of sp³-hybridized carbons (Fsp3) is 0.714. The minimum absolute atomic E-state index is 0.178. The molecule has 6 heteroatoms. The predicted octanol–water partition coefficient (Wildman–Crippen LogP) is 3.01. The van der Waals surface area contributed by atoms with Crippen molar-refractivity contribution < 1.29 is 13.2 Å². The van der Waals surface area contributed by atoms with Crippen LogP contribution in [0.4, 0.5) is 0 Å². The summed E-state index contributed by atoms with van der Waals surface area (Å²) in [5.41, 5.74) is 0. The molecule has 4 nitrogen and oxygen atoms in total. The lowest BCUT2D eigenvalue weighted by atomic mass is 10.1. The maximum atomic E-state index is 11.6. The smallest absolute Gasteiger partial charge is 0.150 e. The Morgan fingerprint density at radius 2 is 2.15 bits per heavy atom. The van der Waals surface area contributed by atoms with Crippen LogP contribution in [-0.4, -0.2) is 33.6 Å². The van der Waals surface area contributed by atoms with E-state index in [1.807, 2.05) is 11.4 Å². The number of methoxy groups -OCH3 is 1. The van der Waals surface area contributed by atoms with Crippen LogP contribution < -0.4 is 10.1 Å². The summed E-state index contributed by atoms with van der Waals surface area (Å²) < 4.78 is 28.5. The first kappa shape index (κ1) is 17.5. The van der Waals surface area contributed by atoms with E-state index in [1.54, 1.807) is 25.4 Å². The zero-order valence-electron chi connectivity index (χ0n) is 12.5. The number of sulfone groups is 1. The Kier molecular flexibility index (Phi) is 7.55. The number of hydrogen-bond donors (Lipinski definition) is 1. The SMILES string of the molecule is CCCNC(CCCS(=O)(=O)CC)c1sccc1OC. The van der Waals surface area contributed by atoms with Gasteiger partial charge in [-0.1, -0.05) is 13.8 Å². The van der Waals surface area contributed by atoms with Crippen molar-refractivity contribution in [3.05, 3.63) is 16.3 Å². The van der Waals surface area contributed by atoms with Crippen LogP contribution in [0.2, 0.25) is 0 Å². The van der Waals surface area contributed by atoms with Crippen molar-refractivity contribution in [2.45, 2.75) is 39.2 Å². The normalized spacial score (nSPS) is 13.3. The molecule has 0 bridgehead atoms. The predicted molar refractivity (Wildman–Crippen MR) is 85.5 cm³/mol. The minimum Gasteiger partial charge on any atom is -0.496 e. The van der Waals surface area contributed by atoms with Crippen LogP contribution in [0.25, 0.3) is 0 Å². The summed E-state index contributed by atoms with van der Waals surface area (Å²) in [4.78, 5) is 1.16. The molecular weight excluding hydrogens is 294 g/mol. The van der Waals surface area contributed by atoms with Gasteiger partial charge >= 0.3 is 0 Å². The van der Waals surface area contributed by atoms with Gasteiger partial charge in [-0.05, 0) is 37.3 Å². The molecule has 1 rings (SSSR count). The quantitative estimate of drug-likeness (QED) is 0.720. The third-order valence-corrected chi connectivity index (χ3v) is 6.02. The molecule has 0 aliphatic rings. The molecule has 116 valence electrons.